The van der Waals surface area contributed by atoms with Gasteiger partial charge in [0, 0.05) is 24.2 Å². The highest BCUT2D eigenvalue weighted by molar-refractivity contribution is 5.95. The zero-order chi connectivity index (χ0) is 22.8. The highest BCUT2D eigenvalue weighted by atomic mass is 16.5. The summed E-state index contributed by atoms with van der Waals surface area (Å²) in [5, 5.41) is 9.23. The SMILES string of the molecule is CCNC(=NCc1ccc(C)cc1OC1CCOC1)NCC(=O)Nc1cccc(CC)c1. The zero-order valence-electron chi connectivity index (χ0n) is 19.2. The van der Waals surface area contributed by atoms with Gasteiger partial charge in [-0.2, -0.15) is 0 Å². The number of nitrogens with zero attached hydrogens (tertiary/aromatic N) is 1. The summed E-state index contributed by atoms with van der Waals surface area (Å²) in [6, 6.07) is 14.0. The van der Waals surface area contributed by atoms with Crippen LogP contribution < -0.4 is 20.7 Å². The second-order valence-electron chi connectivity index (χ2n) is 7.87. The van der Waals surface area contributed by atoms with Gasteiger partial charge in [0.25, 0.3) is 0 Å². The Morgan fingerprint density at radius 1 is 1.19 bits per heavy atom. The van der Waals surface area contributed by atoms with Crippen molar-refractivity contribution in [3.63, 3.8) is 0 Å². The molecule has 1 aliphatic rings. The Morgan fingerprint density at radius 2 is 2.06 bits per heavy atom. The normalized spacial score (nSPS) is 16.0. The lowest BCUT2D eigenvalue weighted by Gasteiger charge is -2.16. The van der Waals surface area contributed by atoms with Gasteiger partial charge >= 0.3 is 0 Å². The van der Waals surface area contributed by atoms with Crippen LogP contribution in [-0.4, -0.2) is 44.3 Å². The molecule has 0 bridgehead atoms. The van der Waals surface area contributed by atoms with Crippen molar-refractivity contribution in [3.05, 3.63) is 59.2 Å². The lowest BCUT2D eigenvalue weighted by atomic mass is 10.1. The Morgan fingerprint density at radius 3 is 2.81 bits per heavy atom. The van der Waals surface area contributed by atoms with E-state index in [2.05, 4.69) is 33.9 Å². The van der Waals surface area contributed by atoms with Crippen LogP contribution in [-0.2, 0) is 22.5 Å². The molecule has 1 fully saturated rings. The topological polar surface area (TPSA) is 84.0 Å². The Bertz CT molecular complexity index is 923. The molecule has 0 aromatic heterocycles. The molecule has 32 heavy (non-hydrogen) atoms. The molecule has 1 saturated heterocycles. The number of nitrogens with one attached hydrogen (secondary N) is 3. The van der Waals surface area contributed by atoms with E-state index >= 15 is 0 Å². The maximum absolute atomic E-state index is 12.4. The first-order chi connectivity index (χ1) is 15.6. The number of aliphatic imine (C=N–C) groups is 1. The van der Waals surface area contributed by atoms with Crippen LogP contribution in [0, 0.1) is 6.92 Å². The largest absolute Gasteiger partial charge is 0.488 e. The molecule has 0 aliphatic carbocycles. The number of amides is 1. The smallest absolute Gasteiger partial charge is 0.243 e. The molecule has 0 saturated carbocycles. The number of guanidine groups is 1. The van der Waals surface area contributed by atoms with Crippen LogP contribution in [0.2, 0.25) is 0 Å². The van der Waals surface area contributed by atoms with Crippen molar-refractivity contribution in [2.45, 2.75) is 46.3 Å². The first-order valence-corrected chi connectivity index (χ1v) is 11.3. The first kappa shape index (κ1) is 23.6. The summed E-state index contributed by atoms with van der Waals surface area (Å²) in [5.41, 5.74) is 4.13. The Kier molecular flexibility index (Phi) is 8.92. The van der Waals surface area contributed by atoms with E-state index in [1.807, 2.05) is 50.2 Å². The molecule has 3 rings (SSSR count). The van der Waals surface area contributed by atoms with Gasteiger partial charge in [-0.25, -0.2) is 4.99 Å². The van der Waals surface area contributed by atoms with Gasteiger partial charge in [-0.1, -0.05) is 31.2 Å². The standard InChI is InChI=1S/C25H34N4O3/c1-4-19-7-6-8-21(14-19)29-24(30)16-28-25(26-5-2)27-15-20-10-9-18(3)13-23(20)32-22-11-12-31-17-22/h6-10,13-14,22H,4-5,11-12,15-17H2,1-3H3,(H,29,30)(H2,26,27,28). The quantitative estimate of drug-likeness (QED) is 0.413. The molecule has 3 N–H and O–H groups in total. The average Bonchev–Trinajstić information content (AvgIpc) is 3.30. The van der Waals surface area contributed by atoms with Gasteiger partial charge in [-0.05, 0) is 49.6 Å². The fraction of sp³-hybridized carbons (Fsp3) is 0.440. The molecule has 1 atom stereocenters. The highest BCUT2D eigenvalue weighted by Crippen LogP contribution is 2.24. The van der Waals surface area contributed by atoms with Crippen molar-refractivity contribution >= 4 is 17.6 Å². The van der Waals surface area contributed by atoms with Gasteiger partial charge in [0.15, 0.2) is 5.96 Å². The molecule has 7 heteroatoms. The molecule has 7 nitrogen and oxygen atoms in total. The molecule has 2 aromatic carbocycles. The lowest BCUT2D eigenvalue weighted by Crippen LogP contribution is -2.41. The molecule has 0 radical (unpaired) electrons. The highest BCUT2D eigenvalue weighted by Gasteiger charge is 2.18. The van der Waals surface area contributed by atoms with E-state index in [0.29, 0.717) is 25.7 Å². The van der Waals surface area contributed by atoms with Crippen molar-refractivity contribution in [1.82, 2.24) is 10.6 Å². The van der Waals surface area contributed by atoms with Crippen molar-refractivity contribution in [2.75, 3.05) is 31.6 Å². The number of aryl methyl sites for hydroxylation is 2. The van der Waals surface area contributed by atoms with Crippen LogP contribution >= 0.6 is 0 Å². The Labute approximate surface area is 190 Å². The first-order valence-electron chi connectivity index (χ1n) is 11.3. The summed E-state index contributed by atoms with van der Waals surface area (Å²) in [5.74, 6) is 1.30. The number of rotatable bonds is 9. The monoisotopic (exact) mass is 438 g/mol. The summed E-state index contributed by atoms with van der Waals surface area (Å²) in [7, 11) is 0. The third kappa shape index (κ3) is 7.27. The Balaban J connectivity index is 1.60. The molecule has 1 aliphatic heterocycles. The molecule has 2 aromatic rings. The number of anilines is 1. The van der Waals surface area contributed by atoms with E-state index in [1.54, 1.807) is 0 Å². The van der Waals surface area contributed by atoms with Gasteiger partial charge < -0.3 is 25.4 Å². The number of carbonyl (C=O) groups is 1. The van der Waals surface area contributed by atoms with Crippen molar-refractivity contribution in [1.29, 1.82) is 0 Å². The number of hydrogen-bond donors (Lipinski definition) is 3. The molecular formula is C25H34N4O3. The minimum absolute atomic E-state index is 0.0841. The molecule has 1 unspecified atom stereocenters. The van der Waals surface area contributed by atoms with E-state index in [4.69, 9.17) is 9.47 Å². The fourth-order valence-corrected chi connectivity index (χ4v) is 3.43. The third-order valence-corrected chi connectivity index (χ3v) is 5.19. The van der Waals surface area contributed by atoms with Gasteiger partial charge in [0.05, 0.1) is 26.3 Å². The lowest BCUT2D eigenvalue weighted by molar-refractivity contribution is -0.115. The summed E-state index contributed by atoms with van der Waals surface area (Å²) >= 11 is 0. The Hall–Kier alpha value is -3.06. The second-order valence-corrected chi connectivity index (χ2v) is 7.87. The number of benzene rings is 2. The number of hydrogen-bond acceptors (Lipinski definition) is 4. The van der Waals surface area contributed by atoms with Crippen LogP contribution in [0.5, 0.6) is 5.75 Å². The van der Waals surface area contributed by atoms with Crippen LogP contribution in [0.15, 0.2) is 47.5 Å². The van der Waals surface area contributed by atoms with Crippen molar-refractivity contribution in [2.24, 2.45) is 4.99 Å². The van der Waals surface area contributed by atoms with Crippen molar-refractivity contribution < 1.29 is 14.3 Å². The molecule has 0 spiro atoms. The number of ether oxygens (including phenoxy) is 2. The van der Waals surface area contributed by atoms with Crippen LogP contribution in [0.1, 0.15) is 37.0 Å². The maximum atomic E-state index is 12.4. The van der Waals surface area contributed by atoms with Gasteiger partial charge in [-0.3, -0.25) is 4.79 Å². The fourth-order valence-electron chi connectivity index (χ4n) is 3.43. The second kappa shape index (κ2) is 12.1. The maximum Gasteiger partial charge on any atom is 0.243 e. The summed E-state index contributed by atoms with van der Waals surface area (Å²) < 4.78 is 11.6. The van der Waals surface area contributed by atoms with E-state index < -0.39 is 0 Å². The van der Waals surface area contributed by atoms with Crippen LogP contribution in [0.4, 0.5) is 5.69 Å². The summed E-state index contributed by atoms with van der Waals surface area (Å²) in [6.45, 7) is 8.76. The van der Waals surface area contributed by atoms with Gasteiger partial charge in [0.2, 0.25) is 5.91 Å². The average molecular weight is 439 g/mol. The van der Waals surface area contributed by atoms with Crippen LogP contribution in [0.25, 0.3) is 0 Å². The minimum atomic E-state index is -0.121. The van der Waals surface area contributed by atoms with E-state index in [-0.39, 0.29) is 18.6 Å². The molecule has 1 amide bonds. The summed E-state index contributed by atoms with van der Waals surface area (Å²) in [4.78, 5) is 17.0. The summed E-state index contributed by atoms with van der Waals surface area (Å²) in [6.07, 6.45) is 1.91. The molecule has 172 valence electrons. The van der Waals surface area contributed by atoms with E-state index in [1.165, 1.54) is 5.56 Å². The predicted octanol–water partition coefficient (Wildman–Crippen LogP) is 3.42. The predicted molar refractivity (Wildman–Crippen MR) is 128 cm³/mol. The molecular weight excluding hydrogens is 404 g/mol. The number of carbonyl (C=O) groups excluding carboxylic acids is 1. The molecule has 1 heterocycles. The van der Waals surface area contributed by atoms with Crippen molar-refractivity contribution in [3.8, 4) is 5.75 Å². The third-order valence-electron chi connectivity index (χ3n) is 5.19. The van der Waals surface area contributed by atoms with E-state index in [0.717, 1.165) is 42.0 Å². The van der Waals surface area contributed by atoms with Gasteiger partial charge in [0.1, 0.15) is 11.9 Å². The van der Waals surface area contributed by atoms with E-state index in [9.17, 15) is 4.79 Å². The van der Waals surface area contributed by atoms with Crippen LogP contribution in [0.3, 0.4) is 0 Å². The minimum Gasteiger partial charge on any atom is -0.488 e. The zero-order valence-corrected chi connectivity index (χ0v) is 19.2. The van der Waals surface area contributed by atoms with Gasteiger partial charge in [-0.15, -0.1) is 0 Å².